The van der Waals surface area contributed by atoms with E-state index >= 15 is 0 Å². The predicted molar refractivity (Wildman–Crippen MR) is 246 cm³/mol. The first-order valence-electron chi connectivity index (χ1n) is 23.7. The molecule has 4 N–H and O–H groups in total. The molecule has 4 saturated heterocycles. The molecule has 1 aromatic heterocycles. The summed E-state index contributed by atoms with van der Waals surface area (Å²) >= 11 is 0. The van der Waals surface area contributed by atoms with Crippen molar-refractivity contribution in [3.8, 4) is 11.3 Å². The maximum atomic E-state index is 14.4. The summed E-state index contributed by atoms with van der Waals surface area (Å²) in [6.07, 6.45) is 8.16. The number of urea groups is 2. The Balaban J connectivity index is 0.808. The highest BCUT2D eigenvalue weighted by Crippen LogP contribution is 2.37. The molecule has 4 unspecified atom stereocenters. The quantitative estimate of drug-likeness (QED) is 0.154. The second-order valence-electron chi connectivity index (χ2n) is 18.0. The molecule has 0 bridgehead atoms. The van der Waals surface area contributed by atoms with Gasteiger partial charge in [0.15, 0.2) is 0 Å². The molecular weight excluding hydrogens is 839 g/mol. The number of nitrogens with one attached hydrogen (secondary N) is 4. The smallest absolute Gasteiger partial charge is 0.318 e. The Bertz CT molecular complexity index is 2310. The van der Waals surface area contributed by atoms with E-state index < -0.39 is 18.1 Å². The van der Waals surface area contributed by atoms with E-state index in [1.54, 1.807) is 14.7 Å². The zero-order valence-electron chi connectivity index (χ0n) is 37.4. The van der Waals surface area contributed by atoms with Gasteiger partial charge in [0.2, 0.25) is 11.8 Å². The molecule has 4 aliphatic heterocycles. The van der Waals surface area contributed by atoms with Crippen molar-refractivity contribution >= 4 is 29.8 Å². The van der Waals surface area contributed by atoms with Crippen molar-refractivity contribution in [3.05, 3.63) is 114 Å². The summed E-state index contributed by atoms with van der Waals surface area (Å²) in [5, 5.41) is 9.30. The number of morpholine rings is 2. The highest BCUT2D eigenvalue weighted by atomic mass is 16.5. The Hall–Kier alpha value is -6.26. The van der Waals surface area contributed by atoms with Crippen LogP contribution in [0.4, 0.5) is 9.59 Å². The van der Waals surface area contributed by atoms with Crippen LogP contribution in [0, 0.1) is 0 Å². The number of aromatic amines is 1. The number of hydrogen-bond donors (Lipinski definition) is 4. The van der Waals surface area contributed by atoms with Crippen molar-refractivity contribution in [1.29, 1.82) is 0 Å². The lowest BCUT2D eigenvalue weighted by molar-refractivity contribution is -0.140. The van der Waals surface area contributed by atoms with Crippen LogP contribution in [-0.4, -0.2) is 137 Å². The molecule has 5 heterocycles. The van der Waals surface area contributed by atoms with Crippen LogP contribution < -0.4 is 16.0 Å². The number of rotatable bonds is 11. The van der Waals surface area contributed by atoms with E-state index in [0.717, 1.165) is 61.2 Å². The zero-order chi connectivity index (χ0) is 45.4. The summed E-state index contributed by atoms with van der Waals surface area (Å²) < 4.78 is 10.8. The van der Waals surface area contributed by atoms with Gasteiger partial charge in [-0.3, -0.25) is 14.4 Å². The number of amides is 7. The summed E-state index contributed by atoms with van der Waals surface area (Å²) in [5.74, 6) is 0.470. The number of benzene rings is 3. The van der Waals surface area contributed by atoms with Crippen molar-refractivity contribution in [2.45, 2.75) is 87.5 Å². The maximum absolute atomic E-state index is 14.4. The van der Waals surface area contributed by atoms with Crippen LogP contribution in [0.1, 0.15) is 97.9 Å². The molecule has 0 spiro atoms. The third-order valence-electron chi connectivity index (χ3n) is 13.9. The molecule has 4 aromatic rings. The largest absolute Gasteiger partial charge is 0.378 e. The maximum Gasteiger partial charge on any atom is 0.318 e. The molecule has 5 fully saturated rings. The zero-order valence-corrected chi connectivity index (χ0v) is 37.4. The van der Waals surface area contributed by atoms with Gasteiger partial charge < -0.3 is 50.0 Å². The van der Waals surface area contributed by atoms with Crippen molar-refractivity contribution < 1.29 is 33.4 Å². The number of ether oxygens (including phenoxy) is 2. The molecule has 1 aliphatic carbocycles. The number of imidazole rings is 1. The van der Waals surface area contributed by atoms with Crippen LogP contribution >= 0.6 is 0 Å². The van der Waals surface area contributed by atoms with Gasteiger partial charge in [-0.2, -0.15) is 0 Å². The van der Waals surface area contributed by atoms with Crippen LogP contribution in [0.25, 0.3) is 11.3 Å². The average molecular weight is 900 g/mol. The van der Waals surface area contributed by atoms with E-state index in [2.05, 4.69) is 45.2 Å². The van der Waals surface area contributed by atoms with E-state index in [9.17, 15) is 24.0 Å². The molecule has 16 heteroatoms. The second kappa shape index (κ2) is 20.9. The normalized spacial score (nSPS) is 23.2. The number of carbonyl (C=O) groups excluding carboxylic acids is 5. The highest BCUT2D eigenvalue weighted by Gasteiger charge is 2.41. The highest BCUT2D eigenvalue weighted by molar-refractivity contribution is 5.93. The number of H-pyrrole nitrogens is 1. The lowest BCUT2D eigenvalue weighted by Crippen LogP contribution is -2.54. The van der Waals surface area contributed by atoms with Crippen molar-refractivity contribution in [3.63, 3.8) is 0 Å². The summed E-state index contributed by atoms with van der Waals surface area (Å²) in [5.41, 5.74) is 4.53. The van der Waals surface area contributed by atoms with Crippen LogP contribution in [-0.2, 0) is 23.9 Å². The minimum atomic E-state index is -0.907. The van der Waals surface area contributed by atoms with E-state index in [1.165, 1.54) is 5.56 Å². The predicted octanol–water partition coefficient (Wildman–Crippen LogP) is 5.44. The third-order valence-corrected chi connectivity index (χ3v) is 13.9. The van der Waals surface area contributed by atoms with Crippen molar-refractivity contribution in [1.82, 2.24) is 45.5 Å². The van der Waals surface area contributed by atoms with Gasteiger partial charge in [0.1, 0.15) is 23.9 Å². The van der Waals surface area contributed by atoms with Gasteiger partial charge in [0.05, 0.1) is 44.4 Å². The first-order valence-corrected chi connectivity index (χ1v) is 23.7. The monoisotopic (exact) mass is 899 g/mol. The Labute approximate surface area is 385 Å². The molecule has 7 amide bonds. The van der Waals surface area contributed by atoms with Crippen LogP contribution in [0.5, 0.6) is 0 Å². The number of carbonyl (C=O) groups is 5. The summed E-state index contributed by atoms with van der Waals surface area (Å²) in [6.45, 7) is 4.74. The van der Waals surface area contributed by atoms with Crippen LogP contribution in [0.15, 0.2) is 91.1 Å². The lowest BCUT2D eigenvalue weighted by Gasteiger charge is -2.33. The number of hydrogen-bond acceptors (Lipinski definition) is 8. The number of likely N-dealkylation sites (tertiary alicyclic amines) is 2. The van der Waals surface area contributed by atoms with E-state index in [4.69, 9.17) is 14.5 Å². The first kappa shape index (κ1) is 44.9. The van der Waals surface area contributed by atoms with Gasteiger partial charge in [0.25, 0.3) is 5.91 Å². The fourth-order valence-electron chi connectivity index (χ4n) is 10.3. The van der Waals surface area contributed by atoms with Crippen molar-refractivity contribution in [2.75, 3.05) is 65.7 Å². The van der Waals surface area contributed by atoms with Gasteiger partial charge >= 0.3 is 12.1 Å². The second-order valence-corrected chi connectivity index (χ2v) is 18.0. The molecule has 0 radical (unpaired) electrons. The van der Waals surface area contributed by atoms with Crippen LogP contribution in [0.2, 0.25) is 0 Å². The third kappa shape index (κ3) is 10.2. The summed E-state index contributed by atoms with van der Waals surface area (Å²) in [6, 6.07) is 24.0. The Morgan fingerprint density at radius 3 is 1.79 bits per heavy atom. The molecule has 5 aliphatic rings. The standard InChI is InChI=1S/C50H61N9O7/c60-46(42-17-9-23-59(42)48(62)44(36-12-5-2-6-13-36)55-50(64)57-26-30-66-31-27-57)52-39-20-18-34(19-21-39)37-14-7-15-38(32-37)40-33-51-45(53-40)41-16-8-22-58(41)47(61)43(35-10-3-1-4-11-35)54-49(63)56-24-28-65-29-25-56/h1-7,10-15,32-34,39,41-44H,8-9,16-31H2,(H,51,53)(H,52,60)(H,54,63)(H,55,64). The average Bonchev–Trinajstić information content (AvgIpc) is 4.18. The SMILES string of the molecule is O=C(NC1CCC(c2cccc(-c3cnc(C4CCCN4C(=O)C(NC(=O)N4CCOCC4)c4ccccc4)[nH]3)c2)CC1)C1CCCN1C(=O)C(NC(=O)N1CCOCC1)c1ccccc1. The molecule has 4 atom stereocenters. The Morgan fingerprint density at radius 1 is 0.621 bits per heavy atom. The van der Waals surface area contributed by atoms with Crippen LogP contribution in [0.3, 0.4) is 0 Å². The fourth-order valence-corrected chi connectivity index (χ4v) is 10.3. The molecule has 348 valence electrons. The van der Waals surface area contributed by atoms with Gasteiger partial charge in [-0.25, -0.2) is 14.6 Å². The number of nitrogens with zero attached hydrogens (tertiary/aromatic N) is 5. The summed E-state index contributed by atoms with van der Waals surface area (Å²) in [7, 11) is 0. The van der Waals surface area contributed by atoms with Gasteiger partial charge in [-0.15, -0.1) is 0 Å². The molecule has 3 aromatic carbocycles. The van der Waals surface area contributed by atoms with Gasteiger partial charge in [0, 0.05) is 45.3 Å². The summed E-state index contributed by atoms with van der Waals surface area (Å²) in [4.78, 5) is 84.3. The lowest BCUT2D eigenvalue weighted by atomic mass is 9.81. The minimum Gasteiger partial charge on any atom is -0.378 e. The van der Waals surface area contributed by atoms with E-state index in [0.29, 0.717) is 90.0 Å². The molecule has 9 rings (SSSR count). The molecular formula is C50H61N9O7. The Kier molecular flexibility index (Phi) is 14.2. The van der Waals surface area contributed by atoms with Gasteiger partial charge in [-0.1, -0.05) is 78.9 Å². The minimum absolute atomic E-state index is 0.00170. The first-order chi connectivity index (χ1) is 32.3. The molecule has 1 saturated carbocycles. The Morgan fingerprint density at radius 2 is 1.18 bits per heavy atom. The number of aromatic nitrogens is 2. The van der Waals surface area contributed by atoms with E-state index in [1.807, 2.05) is 71.8 Å². The van der Waals surface area contributed by atoms with E-state index in [-0.39, 0.29) is 41.9 Å². The molecule has 16 nitrogen and oxygen atoms in total. The van der Waals surface area contributed by atoms with Gasteiger partial charge in [-0.05, 0) is 85.6 Å². The fraction of sp³-hybridized carbons (Fsp3) is 0.480. The van der Waals surface area contributed by atoms with Crippen molar-refractivity contribution in [2.24, 2.45) is 0 Å². The molecule has 66 heavy (non-hydrogen) atoms. The topological polar surface area (TPSA) is 182 Å².